The third-order valence-electron chi connectivity index (χ3n) is 3.45. The third-order valence-corrected chi connectivity index (χ3v) is 5.23. The number of rotatable bonds is 9. The molecule has 1 heterocycles. The first-order chi connectivity index (χ1) is 10.0. The summed E-state index contributed by atoms with van der Waals surface area (Å²) in [6.07, 6.45) is 4.05. The van der Waals surface area contributed by atoms with Crippen molar-refractivity contribution in [2.24, 2.45) is 5.92 Å². The summed E-state index contributed by atoms with van der Waals surface area (Å²) in [5, 5.41) is 3.07. The monoisotopic (exact) mass is 313 g/mol. The van der Waals surface area contributed by atoms with Gasteiger partial charge in [0.2, 0.25) is 0 Å². The number of aromatic nitrogens is 1. The minimum absolute atomic E-state index is 0.0760. The Balaban J connectivity index is 1.88. The predicted molar refractivity (Wildman–Crippen MR) is 80.4 cm³/mol. The second-order valence-corrected chi connectivity index (χ2v) is 7.37. The van der Waals surface area contributed by atoms with E-state index in [1.165, 1.54) is 17.1 Å². The average Bonchev–Trinajstić information content (AvgIpc) is 3.28. The van der Waals surface area contributed by atoms with Crippen LogP contribution in [0.3, 0.4) is 0 Å². The Morgan fingerprint density at radius 2 is 2.19 bits per heavy atom. The highest BCUT2D eigenvalue weighted by atomic mass is 32.2. The van der Waals surface area contributed by atoms with Crippen LogP contribution in [0, 0.1) is 5.92 Å². The molecule has 1 N–H and O–H groups in total. The maximum Gasteiger partial charge on any atom is 0.260 e. The molecule has 0 bridgehead atoms. The first-order valence-corrected chi connectivity index (χ1v) is 8.61. The number of nitrogens with one attached hydrogen (secondary N) is 1. The summed E-state index contributed by atoms with van der Waals surface area (Å²) in [6.45, 7) is 2.17. The number of sulfonamides is 1. The SMILES string of the molecule is CNCc1ccc(S(=O)(=O)N(C)CCOCC2CC2)nc1. The van der Waals surface area contributed by atoms with Gasteiger partial charge in [0.25, 0.3) is 10.0 Å². The molecule has 1 aliphatic rings. The molecule has 0 amide bonds. The number of nitrogens with zero attached hydrogens (tertiary/aromatic N) is 2. The van der Waals surface area contributed by atoms with Gasteiger partial charge in [-0.25, -0.2) is 13.4 Å². The Bertz CT molecular complexity index is 541. The molecule has 118 valence electrons. The van der Waals surface area contributed by atoms with Gasteiger partial charge in [-0.05, 0) is 37.4 Å². The molecule has 0 unspecified atom stereocenters. The molecular weight excluding hydrogens is 290 g/mol. The number of likely N-dealkylation sites (N-methyl/N-ethyl adjacent to an activating group) is 1. The van der Waals surface area contributed by atoms with E-state index in [4.69, 9.17) is 4.74 Å². The zero-order valence-electron chi connectivity index (χ0n) is 12.6. The molecule has 0 aromatic carbocycles. The maximum atomic E-state index is 12.3. The topological polar surface area (TPSA) is 71.5 Å². The van der Waals surface area contributed by atoms with Gasteiger partial charge in [-0.15, -0.1) is 0 Å². The number of pyridine rings is 1. The number of hydrogen-bond donors (Lipinski definition) is 1. The van der Waals surface area contributed by atoms with Crippen molar-refractivity contribution >= 4 is 10.0 Å². The van der Waals surface area contributed by atoms with Crippen molar-refractivity contribution in [3.63, 3.8) is 0 Å². The van der Waals surface area contributed by atoms with E-state index in [0.29, 0.717) is 25.6 Å². The van der Waals surface area contributed by atoms with Crippen LogP contribution in [-0.2, 0) is 21.3 Å². The molecule has 0 aliphatic heterocycles. The maximum absolute atomic E-state index is 12.3. The fourth-order valence-electron chi connectivity index (χ4n) is 1.88. The minimum atomic E-state index is -3.53. The average molecular weight is 313 g/mol. The molecule has 0 radical (unpaired) electrons. The van der Waals surface area contributed by atoms with E-state index in [0.717, 1.165) is 12.2 Å². The van der Waals surface area contributed by atoms with Crippen LogP contribution in [0.2, 0.25) is 0 Å². The van der Waals surface area contributed by atoms with E-state index in [9.17, 15) is 8.42 Å². The summed E-state index contributed by atoms with van der Waals surface area (Å²) < 4.78 is 31.4. The summed E-state index contributed by atoms with van der Waals surface area (Å²) in [7, 11) is -0.146. The number of ether oxygens (including phenoxy) is 1. The largest absolute Gasteiger partial charge is 0.380 e. The van der Waals surface area contributed by atoms with Crippen LogP contribution in [0.15, 0.2) is 23.4 Å². The second kappa shape index (κ2) is 7.31. The van der Waals surface area contributed by atoms with Gasteiger partial charge >= 0.3 is 0 Å². The van der Waals surface area contributed by atoms with Crippen molar-refractivity contribution < 1.29 is 13.2 Å². The van der Waals surface area contributed by atoms with Crippen molar-refractivity contribution in [2.45, 2.75) is 24.4 Å². The van der Waals surface area contributed by atoms with Crippen LogP contribution in [0.4, 0.5) is 0 Å². The normalized spacial score (nSPS) is 15.6. The van der Waals surface area contributed by atoms with E-state index in [1.54, 1.807) is 25.4 Å². The lowest BCUT2D eigenvalue weighted by Crippen LogP contribution is -2.31. The van der Waals surface area contributed by atoms with Gasteiger partial charge in [-0.1, -0.05) is 6.07 Å². The van der Waals surface area contributed by atoms with Crippen molar-refractivity contribution in [3.8, 4) is 0 Å². The lowest BCUT2D eigenvalue weighted by atomic mass is 10.3. The van der Waals surface area contributed by atoms with E-state index < -0.39 is 10.0 Å². The Kier molecular flexibility index (Phi) is 5.69. The summed E-state index contributed by atoms with van der Waals surface area (Å²) >= 11 is 0. The van der Waals surface area contributed by atoms with Crippen molar-refractivity contribution in [1.29, 1.82) is 0 Å². The summed E-state index contributed by atoms with van der Waals surface area (Å²) in [4.78, 5) is 4.05. The van der Waals surface area contributed by atoms with Crippen molar-refractivity contribution in [2.75, 3.05) is 33.9 Å². The molecule has 2 rings (SSSR count). The standard InChI is InChI=1S/C14H23N3O3S/c1-15-9-13-5-6-14(16-10-13)21(18,19)17(2)7-8-20-11-12-3-4-12/h5-6,10,12,15H,3-4,7-9,11H2,1-2H3. The van der Waals surface area contributed by atoms with E-state index in [-0.39, 0.29) is 5.03 Å². The molecule has 1 aliphatic carbocycles. The van der Waals surface area contributed by atoms with Crippen LogP contribution in [-0.4, -0.2) is 51.6 Å². The van der Waals surface area contributed by atoms with Crippen LogP contribution >= 0.6 is 0 Å². The van der Waals surface area contributed by atoms with Gasteiger partial charge in [-0.2, -0.15) is 4.31 Å². The quantitative estimate of drug-likeness (QED) is 0.684. The number of hydrogen-bond acceptors (Lipinski definition) is 5. The predicted octanol–water partition coefficient (Wildman–Crippen LogP) is 0.848. The first kappa shape index (κ1) is 16.4. The van der Waals surface area contributed by atoms with E-state index in [1.807, 2.05) is 7.05 Å². The zero-order chi connectivity index (χ0) is 15.3. The third kappa shape index (κ3) is 4.74. The fourth-order valence-corrected chi connectivity index (χ4v) is 2.94. The van der Waals surface area contributed by atoms with Crippen LogP contribution < -0.4 is 5.32 Å². The van der Waals surface area contributed by atoms with E-state index >= 15 is 0 Å². The Hall–Kier alpha value is -1.02. The highest BCUT2D eigenvalue weighted by Crippen LogP contribution is 2.28. The molecule has 7 heteroatoms. The molecule has 1 aromatic heterocycles. The van der Waals surface area contributed by atoms with Crippen LogP contribution in [0.25, 0.3) is 0 Å². The minimum Gasteiger partial charge on any atom is -0.380 e. The summed E-state index contributed by atoms with van der Waals surface area (Å²) in [5.41, 5.74) is 0.951. The van der Waals surface area contributed by atoms with Gasteiger partial charge < -0.3 is 10.1 Å². The Labute approximate surface area is 126 Å². The van der Waals surface area contributed by atoms with Gasteiger partial charge in [0.15, 0.2) is 5.03 Å². The lowest BCUT2D eigenvalue weighted by molar-refractivity contribution is 0.117. The van der Waals surface area contributed by atoms with Crippen molar-refractivity contribution in [3.05, 3.63) is 23.9 Å². The molecule has 0 atom stereocenters. The molecule has 1 aromatic rings. The molecular formula is C14H23N3O3S. The van der Waals surface area contributed by atoms with Gasteiger partial charge in [0.05, 0.1) is 6.61 Å². The molecule has 1 fully saturated rings. The van der Waals surface area contributed by atoms with Crippen LogP contribution in [0.1, 0.15) is 18.4 Å². The Morgan fingerprint density at radius 3 is 2.76 bits per heavy atom. The highest BCUT2D eigenvalue weighted by Gasteiger charge is 2.23. The fraction of sp³-hybridized carbons (Fsp3) is 0.643. The second-order valence-electron chi connectivity index (χ2n) is 5.38. The van der Waals surface area contributed by atoms with Crippen molar-refractivity contribution in [1.82, 2.24) is 14.6 Å². The van der Waals surface area contributed by atoms with Gasteiger partial charge in [0, 0.05) is 32.9 Å². The Morgan fingerprint density at radius 1 is 1.43 bits per heavy atom. The summed E-state index contributed by atoms with van der Waals surface area (Å²) in [5.74, 6) is 0.688. The summed E-state index contributed by atoms with van der Waals surface area (Å²) in [6, 6.07) is 3.32. The highest BCUT2D eigenvalue weighted by molar-refractivity contribution is 7.89. The van der Waals surface area contributed by atoms with E-state index in [2.05, 4.69) is 10.3 Å². The zero-order valence-corrected chi connectivity index (χ0v) is 13.4. The molecule has 0 spiro atoms. The molecule has 0 saturated heterocycles. The first-order valence-electron chi connectivity index (χ1n) is 7.17. The molecule has 1 saturated carbocycles. The van der Waals surface area contributed by atoms with Gasteiger partial charge in [-0.3, -0.25) is 0 Å². The van der Waals surface area contributed by atoms with Crippen LogP contribution in [0.5, 0.6) is 0 Å². The smallest absolute Gasteiger partial charge is 0.260 e. The molecule has 21 heavy (non-hydrogen) atoms. The molecule has 6 nitrogen and oxygen atoms in total. The van der Waals surface area contributed by atoms with Gasteiger partial charge in [0.1, 0.15) is 0 Å². The lowest BCUT2D eigenvalue weighted by Gasteiger charge is -2.16.